The molecule has 1 saturated heterocycles. The third-order valence-corrected chi connectivity index (χ3v) is 4.22. The Balaban J connectivity index is 2.29. The minimum atomic E-state index is -0.260. The number of nitrogens with zero attached hydrogens (tertiary/aromatic N) is 2. The summed E-state index contributed by atoms with van der Waals surface area (Å²) in [5.41, 5.74) is 0.960. The van der Waals surface area contributed by atoms with Crippen LogP contribution in [0.5, 0.6) is 0 Å². The molecule has 4 heteroatoms. The quantitative estimate of drug-likeness (QED) is 0.913. The molecule has 1 aromatic rings. The van der Waals surface area contributed by atoms with E-state index in [1.165, 1.54) is 19.0 Å². The molecule has 2 atom stereocenters. The fraction of sp³-hybridized carbons (Fsp3) is 0.706. The smallest absolute Gasteiger partial charge is 0.141 e. The molecular weight excluding hydrogens is 265 g/mol. The number of hydrogen-bond donors (Lipinski definition) is 1. The summed E-state index contributed by atoms with van der Waals surface area (Å²) in [6, 6.07) is 2.62. The number of pyridine rings is 1. The normalized spacial score (nSPS) is 22.9. The summed E-state index contributed by atoms with van der Waals surface area (Å²) < 4.78 is 13.6. The zero-order valence-corrected chi connectivity index (χ0v) is 13.9. The molecule has 0 saturated carbocycles. The number of hydrogen-bond acceptors (Lipinski definition) is 3. The number of halogens is 1. The van der Waals surface area contributed by atoms with Crippen LogP contribution in [0.15, 0.2) is 12.3 Å². The first-order chi connectivity index (χ1) is 9.81. The second-order valence-corrected chi connectivity index (χ2v) is 7.14. The van der Waals surface area contributed by atoms with Crippen LogP contribution in [-0.2, 0) is 6.54 Å². The zero-order valence-electron chi connectivity index (χ0n) is 13.9. The van der Waals surface area contributed by atoms with Crippen LogP contribution < -0.4 is 10.2 Å². The fourth-order valence-corrected chi connectivity index (χ4v) is 3.05. The predicted molar refractivity (Wildman–Crippen MR) is 86.0 cm³/mol. The van der Waals surface area contributed by atoms with E-state index in [0.29, 0.717) is 18.6 Å². The van der Waals surface area contributed by atoms with Crippen LogP contribution in [0.2, 0.25) is 0 Å². The van der Waals surface area contributed by atoms with Crippen LogP contribution in [-0.4, -0.2) is 22.6 Å². The fourth-order valence-electron chi connectivity index (χ4n) is 3.05. The van der Waals surface area contributed by atoms with Crippen molar-refractivity contribution in [3.05, 3.63) is 23.6 Å². The minimum Gasteiger partial charge on any atom is -0.351 e. The largest absolute Gasteiger partial charge is 0.351 e. The van der Waals surface area contributed by atoms with Crippen molar-refractivity contribution in [1.29, 1.82) is 0 Å². The van der Waals surface area contributed by atoms with Gasteiger partial charge in [0.25, 0.3) is 0 Å². The third kappa shape index (κ3) is 3.94. The first kappa shape index (κ1) is 16.2. The standard InChI is InChI=1S/C17H28FN3/c1-6-15-8-7-12(2)21(15)16-13(9-14(18)11-19-16)10-20-17(3,4)5/h9,11-12,15,20H,6-8,10H2,1-5H3. The lowest BCUT2D eigenvalue weighted by molar-refractivity contribution is 0.422. The molecule has 2 heterocycles. The third-order valence-electron chi connectivity index (χ3n) is 4.22. The topological polar surface area (TPSA) is 28.2 Å². The SMILES string of the molecule is CCC1CCC(C)N1c1ncc(F)cc1CNC(C)(C)C. The van der Waals surface area contributed by atoms with Gasteiger partial charge in [-0.2, -0.15) is 0 Å². The van der Waals surface area contributed by atoms with Gasteiger partial charge in [-0.3, -0.25) is 0 Å². The van der Waals surface area contributed by atoms with Crippen molar-refractivity contribution in [2.75, 3.05) is 4.90 Å². The lowest BCUT2D eigenvalue weighted by Gasteiger charge is -2.31. The van der Waals surface area contributed by atoms with Crippen molar-refractivity contribution in [3.63, 3.8) is 0 Å². The maximum absolute atomic E-state index is 13.6. The molecular formula is C17H28FN3. The number of nitrogens with one attached hydrogen (secondary N) is 1. The Bertz CT molecular complexity index is 481. The molecule has 1 fully saturated rings. The highest BCUT2D eigenvalue weighted by atomic mass is 19.1. The molecule has 0 spiro atoms. The lowest BCUT2D eigenvalue weighted by atomic mass is 10.1. The summed E-state index contributed by atoms with van der Waals surface area (Å²) in [5.74, 6) is 0.689. The average Bonchev–Trinajstić information content (AvgIpc) is 2.77. The number of rotatable bonds is 4. The van der Waals surface area contributed by atoms with Gasteiger partial charge in [-0.25, -0.2) is 9.37 Å². The van der Waals surface area contributed by atoms with E-state index in [0.717, 1.165) is 17.8 Å². The van der Waals surface area contributed by atoms with Crippen LogP contribution in [0.3, 0.4) is 0 Å². The Labute approximate surface area is 127 Å². The summed E-state index contributed by atoms with van der Waals surface area (Å²) in [7, 11) is 0. The Kier molecular flexibility index (Phi) is 4.87. The average molecular weight is 293 g/mol. The monoisotopic (exact) mass is 293 g/mol. The van der Waals surface area contributed by atoms with Gasteiger partial charge in [0.1, 0.15) is 11.6 Å². The Hall–Kier alpha value is -1.16. The second-order valence-electron chi connectivity index (χ2n) is 7.14. The summed E-state index contributed by atoms with van der Waals surface area (Å²) in [5, 5.41) is 3.44. The minimum absolute atomic E-state index is 0.00434. The van der Waals surface area contributed by atoms with E-state index in [4.69, 9.17) is 0 Å². The molecule has 0 amide bonds. The molecule has 1 N–H and O–H groups in total. The predicted octanol–water partition coefficient (Wildman–Crippen LogP) is 3.88. The van der Waals surface area contributed by atoms with E-state index in [-0.39, 0.29) is 11.4 Å². The molecule has 0 radical (unpaired) electrons. The van der Waals surface area contributed by atoms with E-state index in [1.807, 2.05) is 0 Å². The molecule has 0 aromatic carbocycles. The van der Waals surface area contributed by atoms with Gasteiger partial charge in [0.15, 0.2) is 0 Å². The highest BCUT2D eigenvalue weighted by Crippen LogP contribution is 2.33. The highest BCUT2D eigenvalue weighted by Gasteiger charge is 2.31. The van der Waals surface area contributed by atoms with Crippen molar-refractivity contribution in [3.8, 4) is 0 Å². The van der Waals surface area contributed by atoms with Crippen molar-refractivity contribution in [2.24, 2.45) is 0 Å². The molecule has 0 bridgehead atoms. The van der Waals surface area contributed by atoms with Crippen LogP contribution in [0, 0.1) is 5.82 Å². The molecule has 21 heavy (non-hydrogen) atoms. The van der Waals surface area contributed by atoms with Gasteiger partial charge in [-0.05, 0) is 53.0 Å². The van der Waals surface area contributed by atoms with Crippen LogP contribution in [0.25, 0.3) is 0 Å². The van der Waals surface area contributed by atoms with Gasteiger partial charge in [-0.1, -0.05) is 6.92 Å². The molecule has 1 aromatic heterocycles. The molecule has 3 nitrogen and oxygen atoms in total. The van der Waals surface area contributed by atoms with E-state index in [1.54, 1.807) is 6.07 Å². The van der Waals surface area contributed by atoms with Crippen LogP contribution in [0.1, 0.15) is 59.4 Å². The summed E-state index contributed by atoms with van der Waals surface area (Å²) in [4.78, 5) is 6.81. The van der Waals surface area contributed by atoms with Gasteiger partial charge in [-0.15, -0.1) is 0 Å². The van der Waals surface area contributed by atoms with E-state index in [2.05, 4.69) is 49.8 Å². The Morgan fingerprint density at radius 2 is 2.10 bits per heavy atom. The van der Waals surface area contributed by atoms with Crippen molar-refractivity contribution < 1.29 is 4.39 Å². The van der Waals surface area contributed by atoms with Gasteiger partial charge >= 0.3 is 0 Å². The van der Waals surface area contributed by atoms with Crippen LogP contribution in [0.4, 0.5) is 10.2 Å². The summed E-state index contributed by atoms with van der Waals surface area (Å²) in [6.07, 6.45) is 4.83. The van der Waals surface area contributed by atoms with Crippen molar-refractivity contribution in [1.82, 2.24) is 10.3 Å². The van der Waals surface area contributed by atoms with E-state index < -0.39 is 0 Å². The maximum Gasteiger partial charge on any atom is 0.141 e. The zero-order chi connectivity index (χ0) is 15.6. The summed E-state index contributed by atoms with van der Waals surface area (Å²) in [6.45, 7) is 11.4. The number of anilines is 1. The van der Waals surface area contributed by atoms with Crippen LogP contribution >= 0.6 is 0 Å². The van der Waals surface area contributed by atoms with Gasteiger partial charge in [0.2, 0.25) is 0 Å². The van der Waals surface area contributed by atoms with Gasteiger partial charge in [0.05, 0.1) is 6.20 Å². The van der Waals surface area contributed by atoms with Crippen molar-refractivity contribution in [2.45, 2.75) is 78.0 Å². The highest BCUT2D eigenvalue weighted by molar-refractivity contribution is 5.50. The molecule has 1 aliphatic heterocycles. The molecule has 2 unspecified atom stereocenters. The summed E-state index contributed by atoms with van der Waals surface area (Å²) >= 11 is 0. The Morgan fingerprint density at radius 3 is 2.71 bits per heavy atom. The van der Waals surface area contributed by atoms with Crippen molar-refractivity contribution >= 4 is 5.82 Å². The molecule has 0 aliphatic carbocycles. The van der Waals surface area contributed by atoms with Gasteiger partial charge in [0, 0.05) is 29.7 Å². The van der Waals surface area contributed by atoms with E-state index >= 15 is 0 Å². The first-order valence-electron chi connectivity index (χ1n) is 7.99. The first-order valence-corrected chi connectivity index (χ1v) is 7.99. The Morgan fingerprint density at radius 1 is 1.38 bits per heavy atom. The number of aromatic nitrogens is 1. The molecule has 118 valence electrons. The molecule has 2 rings (SSSR count). The van der Waals surface area contributed by atoms with E-state index in [9.17, 15) is 4.39 Å². The maximum atomic E-state index is 13.6. The molecule has 1 aliphatic rings. The van der Waals surface area contributed by atoms with Gasteiger partial charge < -0.3 is 10.2 Å². The second kappa shape index (κ2) is 6.30. The lowest BCUT2D eigenvalue weighted by Crippen LogP contribution is -2.38.